The van der Waals surface area contributed by atoms with Gasteiger partial charge < -0.3 is 18.8 Å². The van der Waals surface area contributed by atoms with Gasteiger partial charge in [0, 0.05) is 37.1 Å². The van der Waals surface area contributed by atoms with Crippen molar-refractivity contribution in [2.24, 2.45) is 0 Å². The van der Waals surface area contributed by atoms with E-state index in [1.54, 1.807) is 0 Å². The zero-order valence-electron chi connectivity index (χ0n) is 21.4. The largest absolute Gasteiger partial charge is 0.490 e. The lowest BCUT2D eigenvalue weighted by molar-refractivity contribution is -0.132. The second-order valence-electron chi connectivity index (χ2n) is 9.02. The molecule has 0 radical (unpaired) electrons. The summed E-state index contributed by atoms with van der Waals surface area (Å²) in [4.78, 5) is 19.9. The molecule has 0 aliphatic carbocycles. The number of aromatic nitrogens is 1. The summed E-state index contributed by atoms with van der Waals surface area (Å²) in [5, 5.41) is 0. The summed E-state index contributed by atoms with van der Waals surface area (Å²) < 4.78 is 17.8. The molecule has 1 aliphatic heterocycles. The molecule has 5 rings (SSSR count). The van der Waals surface area contributed by atoms with Gasteiger partial charge in [-0.1, -0.05) is 60.7 Å². The predicted octanol–water partition coefficient (Wildman–Crippen LogP) is 6.32. The van der Waals surface area contributed by atoms with Crippen LogP contribution in [0.3, 0.4) is 0 Å². The summed E-state index contributed by atoms with van der Waals surface area (Å²) in [5.74, 6) is 2.91. The molecular formula is C31H32N2O4. The average Bonchev–Trinajstić information content (AvgIpc) is 3.37. The highest BCUT2D eigenvalue weighted by Gasteiger charge is 2.24. The van der Waals surface area contributed by atoms with Crippen molar-refractivity contribution in [3.63, 3.8) is 0 Å². The molecule has 0 unspecified atom stereocenters. The van der Waals surface area contributed by atoms with Gasteiger partial charge in [-0.3, -0.25) is 4.79 Å². The molecule has 0 saturated carbocycles. The molecule has 0 N–H and O–H groups in total. The monoisotopic (exact) mass is 496 g/mol. The molecule has 0 atom stereocenters. The number of hydrogen-bond acceptors (Lipinski definition) is 5. The van der Waals surface area contributed by atoms with E-state index in [1.165, 1.54) is 5.56 Å². The van der Waals surface area contributed by atoms with E-state index < -0.39 is 0 Å². The number of fused-ring (bicyclic) bond motifs is 1. The third kappa shape index (κ3) is 5.53. The molecule has 4 aromatic rings. The Morgan fingerprint density at radius 1 is 0.892 bits per heavy atom. The molecule has 0 saturated heterocycles. The van der Waals surface area contributed by atoms with Crippen molar-refractivity contribution in [1.82, 2.24) is 9.88 Å². The van der Waals surface area contributed by atoms with Gasteiger partial charge in [-0.25, -0.2) is 4.98 Å². The second kappa shape index (κ2) is 11.3. The normalized spacial score (nSPS) is 12.8. The Balaban J connectivity index is 1.31. The zero-order chi connectivity index (χ0) is 25.6. The van der Waals surface area contributed by atoms with Crippen LogP contribution in [0.4, 0.5) is 0 Å². The minimum absolute atomic E-state index is 0.0956. The lowest BCUT2D eigenvalue weighted by Gasteiger charge is -2.30. The number of nitrogens with zero attached hydrogens (tertiary/aromatic N) is 2. The molecule has 6 nitrogen and oxygen atoms in total. The van der Waals surface area contributed by atoms with Gasteiger partial charge in [0.15, 0.2) is 23.1 Å². The Bertz CT molecular complexity index is 1290. The third-order valence-electron chi connectivity index (χ3n) is 6.54. The molecule has 6 heteroatoms. The van der Waals surface area contributed by atoms with Crippen LogP contribution in [0, 0.1) is 0 Å². The molecule has 0 fully saturated rings. The van der Waals surface area contributed by atoms with Gasteiger partial charge in [0.05, 0.1) is 13.2 Å². The van der Waals surface area contributed by atoms with Gasteiger partial charge in [-0.05, 0) is 43.5 Å². The second-order valence-corrected chi connectivity index (χ2v) is 9.02. The standard InChI is InChI=1S/C31H32N2O4/c1-3-35-26-19-24-17-18-33(21-25(24)20-27(26)36-4-2)29(34)16-15-28-32-30(22-11-7-5-8-12-22)31(37-28)23-13-9-6-10-14-23/h5-14,19-20H,3-4,15-18,21H2,1-2H3. The van der Waals surface area contributed by atoms with Gasteiger partial charge in [-0.2, -0.15) is 0 Å². The minimum atomic E-state index is 0.0956. The van der Waals surface area contributed by atoms with E-state index in [4.69, 9.17) is 18.9 Å². The summed E-state index contributed by atoms with van der Waals surface area (Å²) in [7, 11) is 0. The summed E-state index contributed by atoms with van der Waals surface area (Å²) >= 11 is 0. The number of rotatable bonds is 9. The SMILES string of the molecule is CCOc1cc2c(cc1OCC)CN(C(=O)CCc1nc(-c3ccccc3)c(-c3ccccc3)o1)CC2. The molecule has 3 aromatic carbocycles. The lowest BCUT2D eigenvalue weighted by atomic mass is 9.98. The molecule has 1 aliphatic rings. The number of carbonyl (C=O) groups is 1. The van der Waals surface area contributed by atoms with E-state index >= 15 is 0 Å². The minimum Gasteiger partial charge on any atom is -0.490 e. The highest BCUT2D eigenvalue weighted by atomic mass is 16.5. The molecule has 37 heavy (non-hydrogen) atoms. The van der Waals surface area contributed by atoms with Crippen molar-refractivity contribution < 1.29 is 18.7 Å². The van der Waals surface area contributed by atoms with Gasteiger partial charge >= 0.3 is 0 Å². The summed E-state index contributed by atoms with van der Waals surface area (Å²) in [6.07, 6.45) is 1.58. The number of benzene rings is 3. The first-order valence-corrected chi connectivity index (χ1v) is 13.0. The maximum Gasteiger partial charge on any atom is 0.223 e. The highest BCUT2D eigenvalue weighted by Crippen LogP contribution is 2.35. The number of carbonyl (C=O) groups excluding carboxylic acids is 1. The van der Waals surface area contributed by atoms with Crippen LogP contribution in [0.5, 0.6) is 11.5 Å². The maximum absolute atomic E-state index is 13.2. The maximum atomic E-state index is 13.2. The van der Waals surface area contributed by atoms with Gasteiger partial charge in [-0.15, -0.1) is 0 Å². The van der Waals surface area contributed by atoms with E-state index in [1.807, 2.05) is 85.5 Å². The van der Waals surface area contributed by atoms with Crippen LogP contribution < -0.4 is 9.47 Å². The Hall–Kier alpha value is -4.06. The number of amides is 1. The predicted molar refractivity (Wildman–Crippen MR) is 144 cm³/mol. The smallest absolute Gasteiger partial charge is 0.223 e. The van der Waals surface area contributed by atoms with Crippen LogP contribution in [0.25, 0.3) is 22.6 Å². The Labute approximate surface area is 217 Å². The molecule has 0 spiro atoms. The van der Waals surface area contributed by atoms with Crippen molar-refractivity contribution in [3.05, 3.63) is 89.8 Å². The first kappa shape index (κ1) is 24.6. The van der Waals surface area contributed by atoms with E-state index in [0.29, 0.717) is 45.0 Å². The highest BCUT2D eigenvalue weighted by molar-refractivity contribution is 5.78. The average molecular weight is 497 g/mol. The van der Waals surface area contributed by atoms with Crippen molar-refractivity contribution >= 4 is 5.91 Å². The van der Waals surface area contributed by atoms with Crippen LogP contribution in [-0.4, -0.2) is 35.5 Å². The molecule has 1 aromatic heterocycles. The first-order chi connectivity index (χ1) is 18.2. The molecule has 1 amide bonds. The number of oxazole rings is 1. The van der Waals surface area contributed by atoms with Crippen molar-refractivity contribution in [3.8, 4) is 34.1 Å². The van der Waals surface area contributed by atoms with Crippen molar-refractivity contribution in [2.45, 2.75) is 39.7 Å². The fourth-order valence-corrected chi connectivity index (χ4v) is 4.73. The van der Waals surface area contributed by atoms with Crippen LogP contribution in [0.15, 0.2) is 77.2 Å². The van der Waals surface area contributed by atoms with Gasteiger partial charge in [0.1, 0.15) is 5.69 Å². The third-order valence-corrected chi connectivity index (χ3v) is 6.54. The van der Waals surface area contributed by atoms with Crippen LogP contribution in [0.2, 0.25) is 0 Å². The topological polar surface area (TPSA) is 64.8 Å². The summed E-state index contributed by atoms with van der Waals surface area (Å²) in [6, 6.07) is 24.1. The Morgan fingerprint density at radius 3 is 2.16 bits per heavy atom. The van der Waals surface area contributed by atoms with Crippen molar-refractivity contribution in [2.75, 3.05) is 19.8 Å². The van der Waals surface area contributed by atoms with Crippen LogP contribution in [-0.2, 0) is 24.2 Å². The first-order valence-electron chi connectivity index (χ1n) is 13.0. The number of hydrogen-bond donors (Lipinski definition) is 0. The zero-order valence-corrected chi connectivity index (χ0v) is 21.4. The van der Waals surface area contributed by atoms with E-state index in [9.17, 15) is 4.79 Å². The summed E-state index contributed by atoms with van der Waals surface area (Å²) in [5.41, 5.74) is 5.08. The number of ether oxygens (including phenoxy) is 2. The Kier molecular flexibility index (Phi) is 7.54. The van der Waals surface area contributed by atoms with E-state index in [0.717, 1.165) is 46.1 Å². The van der Waals surface area contributed by atoms with E-state index in [2.05, 4.69) is 6.07 Å². The number of aryl methyl sites for hydroxylation is 1. The molecular weight excluding hydrogens is 464 g/mol. The van der Waals surface area contributed by atoms with Crippen molar-refractivity contribution in [1.29, 1.82) is 0 Å². The molecule has 190 valence electrons. The molecule has 0 bridgehead atoms. The van der Waals surface area contributed by atoms with Gasteiger partial charge in [0.2, 0.25) is 5.91 Å². The summed E-state index contributed by atoms with van der Waals surface area (Å²) in [6.45, 7) is 6.32. The van der Waals surface area contributed by atoms with Crippen LogP contribution >= 0.6 is 0 Å². The molecule has 2 heterocycles. The fourth-order valence-electron chi connectivity index (χ4n) is 4.73. The van der Waals surface area contributed by atoms with Gasteiger partial charge in [0.25, 0.3) is 0 Å². The fraction of sp³-hybridized carbons (Fsp3) is 0.290. The van der Waals surface area contributed by atoms with Crippen LogP contribution in [0.1, 0.15) is 37.3 Å². The lowest BCUT2D eigenvalue weighted by Crippen LogP contribution is -2.36. The Morgan fingerprint density at radius 2 is 1.51 bits per heavy atom. The van der Waals surface area contributed by atoms with E-state index in [-0.39, 0.29) is 5.91 Å². The quantitative estimate of drug-likeness (QED) is 0.271.